The summed E-state index contributed by atoms with van der Waals surface area (Å²) in [5, 5.41) is 9.15. The third-order valence-corrected chi connectivity index (χ3v) is 2.46. The van der Waals surface area contributed by atoms with Crippen molar-refractivity contribution in [3.63, 3.8) is 0 Å². The van der Waals surface area contributed by atoms with Crippen LogP contribution in [0.1, 0.15) is 27.4 Å². The molecule has 0 aliphatic heterocycles. The quantitative estimate of drug-likeness (QED) is 0.898. The Bertz CT molecular complexity index is 561. The lowest BCUT2D eigenvalue weighted by molar-refractivity contribution is 0.0689. The number of nitrogens with zero attached hydrogens (tertiary/aromatic N) is 1. The molecule has 0 saturated heterocycles. The molecule has 2 heterocycles. The third kappa shape index (κ3) is 2.51. The largest absolute Gasteiger partial charge is 0.477 e. The number of ether oxygens (including phenoxy) is 1. The van der Waals surface area contributed by atoms with Crippen molar-refractivity contribution in [3.8, 4) is 5.88 Å². The van der Waals surface area contributed by atoms with Crippen LogP contribution in [-0.4, -0.2) is 16.1 Å². The molecule has 0 spiro atoms. The first-order chi connectivity index (χ1) is 8.58. The first-order valence-corrected chi connectivity index (χ1v) is 5.44. The summed E-state index contributed by atoms with van der Waals surface area (Å²) in [5.41, 5.74) is 1.43. The molecule has 0 aromatic carbocycles. The van der Waals surface area contributed by atoms with Crippen molar-refractivity contribution in [1.29, 1.82) is 0 Å². The number of aromatic nitrogens is 1. The third-order valence-electron chi connectivity index (χ3n) is 2.46. The summed E-state index contributed by atoms with van der Waals surface area (Å²) < 4.78 is 10.5. The summed E-state index contributed by atoms with van der Waals surface area (Å²) in [5.74, 6) is -0.307. The van der Waals surface area contributed by atoms with Gasteiger partial charge in [-0.3, -0.25) is 0 Å². The Morgan fingerprint density at radius 3 is 2.89 bits per heavy atom. The zero-order valence-corrected chi connectivity index (χ0v) is 10.1. The average molecular weight is 247 g/mol. The highest BCUT2D eigenvalue weighted by Crippen LogP contribution is 2.22. The predicted molar refractivity (Wildman–Crippen MR) is 63.7 cm³/mol. The zero-order chi connectivity index (χ0) is 13.1. The first-order valence-electron chi connectivity index (χ1n) is 5.44. The molecule has 1 N–H and O–H groups in total. The molecule has 0 aliphatic rings. The fraction of sp³-hybridized carbons (Fsp3) is 0.231. The van der Waals surface area contributed by atoms with Crippen LogP contribution in [0.15, 0.2) is 28.9 Å². The number of furan rings is 1. The Kier molecular flexibility index (Phi) is 3.32. The highest BCUT2D eigenvalue weighted by Gasteiger charge is 2.17. The summed E-state index contributed by atoms with van der Waals surface area (Å²) >= 11 is 0. The lowest BCUT2D eigenvalue weighted by Crippen LogP contribution is -2.08. The maximum Gasteiger partial charge on any atom is 0.341 e. The molecule has 2 aromatic heterocycles. The van der Waals surface area contributed by atoms with Crippen molar-refractivity contribution in [2.24, 2.45) is 0 Å². The van der Waals surface area contributed by atoms with E-state index in [1.54, 1.807) is 32.0 Å². The number of carboxylic acids is 1. The van der Waals surface area contributed by atoms with E-state index in [1.807, 2.05) is 0 Å². The molecule has 2 rings (SSSR count). The molecule has 0 saturated carbocycles. The average Bonchev–Trinajstić information content (AvgIpc) is 2.77. The molecule has 0 atom stereocenters. The number of aromatic carboxylic acids is 1. The number of rotatable bonds is 4. The van der Waals surface area contributed by atoms with Crippen LogP contribution in [-0.2, 0) is 6.61 Å². The number of carboxylic acid groups (broad SMARTS) is 1. The summed E-state index contributed by atoms with van der Waals surface area (Å²) in [6.45, 7) is 3.67. The Labute approximate surface area is 104 Å². The molecule has 18 heavy (non-hydrogen) atoms. The molecular formula is C13H13NO4. The monoisotopic (exact) mass is 247 g/mol. The molecule has 0 bridgehead atoms. The van der Waals surface area contributed by atoms with Crippen LogP contribution in [0, 0.1) is 13.8 Å². The molecule has 94 valence electrons. The van der Waals surface area contributed by atoms with Gasteiger partial charge in [0.25, 0.3) is 0 Å². The van der Waals surface area contributed by atoms with Gasteiger partial charge in [0.05, 0.1) is 6.26 Å². The van der Waals surface area contributed by atoms with Gasteiger partial charge in [-0.25, -0.2) is 9.78 Å². The van der Waals surface area contributed by atoms with Gasteiger partial charge in [0.1, 0.15) is 17.9 Å². The minimum atomic E-state index is -1.05. The highest BCUT2D eigenvalue weighted by molar-refractivity contribution is 5.91. The van der Waals surface area contributed by atoms with Gasteiger partial charge in [0, 0.05) is 5.69 Å². The topological polar surface area (TPSA) is 72.6 Å². The zero-order valence-electron chi connectivity index (χ0n) is 10.1. The number of pyridine rings is 1. The second kappa shape index (κ2) is 4.91. The van der Waals surface area contributed by atoms with Gasteiger partial charge in [-0.1, -0.05) is 0 Å². The smallest absolute Gasteiger partial charge is 0.341 e. The van der Waals surface area contributed by atoms with Crippen molar-refractivity contribution >= 4 is 5.97 Å². The van der Waals surface area contributed by atoms with Gasteiger partial charge < -0.3 is 14.3 Å². The second-order valence-corrected chi connectivity index (χ2v) is 3.93. The maximum atomic E-state index is 11.2. The van der Waals surface area contributed by atoms with Gasteiger partial charge in [-0.2, -0.15) is 0 Å². The van der Waals surface area contributed by atoms with Crippen LogP contribution in [0.5, 0.6) is 5.88 Å². The van der Waals surface area contributed by atoms with E-state index in [2.05, 4.69) is 4.98 Å². The predicted octanol–water partition coefficient (Wildman–Crippen LogP) is 2.57. The molecule has 0 amide bonds. The Hall–Kier alpha value is -2.30. The van der Waals surface area contributed by atoms with Gasteiger partial charge in [-0.05, 0) is 37.6 Å². The standard InChI is InChI=1S/C13H13NO4/c1-8-6-9(2)14-12(11(8)13(15)16)18-7-10-4-3-5-17-10/h3-6H,7H2,1-2H3,(H,15,16). The molecule has 0 fully saturated rings. The van der Waals surface area contributed by atoms with E-state index in [9.17, 15) is 4.79 Å². The lowest BCUT2D eigenvalue weighted by Gasteiger charge is -2.10. The van der Waals surface area contributed by atoms with E-state index in [1.165, 1.54) is 6.26 Å². The molecular weight excluding hydrogens is 234 g/mol. The van der Waals surface area contributed by atoms with Crippen molar-refractivity contribution < 1.29 is 19.1 Å². The molecule has 5 nitrogen and oxygen atoms in total. The van der Waals surface area contributed by atoms with Crippen LogP contribution in [0.3, 0.4) is 0 Å². The Morgan fingerprint density at radius 1 is 1.50 bits per heavy atom. The van der Waals surface area contributed by atoms with E-state index >= 15 is 0 Å². The van der Waals surface area contributed by atoms with Gasteiger partial charge in [0.2, 0.25) is 5.88 Å². The van der Waals surface area contributed by atoms with Crippen molar-refractivity contribution in [3.05, 3.63) is 47.0 Å². The Morgan fingerprint density at radius 2 is 2.28 bits per heavy atom. The SMILES string of the molecule is Cc1cc(C)c(C(=O)O)c(OCc2ccco2)n1. The van der Waals surface area contributed by atoms with Gasteiger partial charge in [0.15, 0.2) is 0 Å². The maximum absolute atomic E-state index is 11.2. The number of hydrogen-bond acceptors (Lipinski definition) is 4. The molecule has 5 heteroatoms. The van der Waals surface area contributed by atoms with Crippen LogP contribution in [0.25, 0.3) is 0 Å². The first kappa shape index (κ1) is 12.2. The summed E-state index contributed by atoms with van der Waals surface area (Å²) in [6, 6.07) is 5.21. The number of aryl methyl sites for hydroxylation is 2. The second-order valence-electron chi connectivity index (χ2n) is 3.93. The lowest BCUT2D eigenvalue weighted by atomic mass is 10.1. The van der Waals surface area contributed by atoms with Crippen LogP contribution in [0.2, 0.25) is 0 Å². The summed E-state index contributed by atoms with van der Waals surface area (Å²) in [4.78, 5) is 15.3. The van der Waals surface area contributed by atoms with Gasteiger partial charge in [-0.15, -0.1) is 0 Å². The molecule has 0 unspecified atom stereocenters. The minimum Gasteiger partial charge on any atom is -0.477 e. The van der Waals surface area contributed by atoms with Crippen LogP contribution >= 0.6 is 0 Å². The van der Waals surface area contributed by atoms with E-state index in [4.69, 9.17) is 14.3 Å². The van der Waals surface area contributed by atoms with Crippen LogP contribution in [0.4, 0.5) is 0 Å². The molecule has 0 radical (unpaired) electrons. The van der Waals surface area contributed by atoms with E-state index in [-0.39, 0.29) is 18.1 Å². The van der Waals surface area contributed by atoms with E-state index in [0.717, 1.165) is 0 Å². The Balaban J connectivity index is 2.28. The summed E-state index contributed by atoms with van der Waals surface area (Å²) in [7, 11) is 0. The van der Waals surface area contributed by atoms with E-state index < -0.39 is 5.97 Å². The van der Waals surface area contributed by atoms with Crippen LogP contribution < -0.4 is 4.74 Å². The van der Waals surface area contributed by atoms with Crippen molar-refractivity contribution in [2.75, 3.05) is 0 Å². The normalized spacial score (nSPS) is 10.3. The number of carbonyl (C=O) groups is 1. The van der Waals surface area contributed by atoms with Crippen molar-refractivity contribution in [2.45, 2.75) is 20.5 Å². The molecule has 0 aliphatic carbocycles. The fourth-order valence-electron chi connectivity index (χ4n) is 1.70. The summed E-state index contributed by atoms with van der Waals surface area (Å²) in [6.07, 6.45) is 1.53. The van der Waals surface area contributed by atoms with Crippen molar-refractivity contribution in [1.82, 2.24) is 4.98 Å². The molecule has 2 aromatic rings. The van der Waals surface area contributed by atoms with E-state index in [0.29, 0.717) is 17.0 Å². The number of hydrogen-bond donors (Lipinski definition) is 1. The highest BCUT2D eigenvalue weighted by atomic mass is 16.5. The van der Waals surface area contributed by atoms with Gasteiger partial charge >= 0.3 is 5.97 Å². The fourth-order valence-corrected chi connectivity index (χ4v) is 1.70. The minimum absolute atomic E-state index is 0.0900.